The van der Waals surface area contributed by atoms with Crippen molar-refractivity contribution in [1.29, 1.82) is 0 Å². The predicted molar refractivity (Wildman–Crippen MR) is 70.6 cm³/mol. The summed E-state index contributed by atoms with van der Waals surface area (Å²) < 4.78 is 37.8. The topological polar surface area (TPSA) is 67.5 Å². The Kier molecular flexibility index (Phi) is 2.95. The molecule has 0 saturated carbocycles. The first-order chi connectivity index (χ1) is 9.05. The van der Waals surface area contributed by atoms with Crippen molar-refractivity contribution in [3.8, 4) is 11.3 Å². The molecule has 19 heavy (non-hydrogen) atoms. The molecule has 0 fully saturated rings. The molecule has 0 amide bonds. The van der Waals surface area contributed by atoms with Crippen LogP contribution in [0.15, 0.2) is 39.8 Å². The Morgan fingerprint density at radius 1 is 1.11 bits per heavy atom. The van der Waals surface area contributed by atoms with E-state index >= 15 is 0 Å². The first-order valence-electron chi connectivity index (χ1n) is 6.23. The Morgan fingerprint density at radius 2 is 1.79 bits per heavy atom. The van der Waals surface area contributed by atoms with Gasteiger partial charge < -0.3 is 4.42 Å². The maximum atomic E-state index is 11.5. The predicted octanol–water partition coefficient (Wildman–Crippen LogP) is 3.07. The molecule has 0 aliphatic heterocycles. The van der Waals surface area contributed by atoms with E-state index in [1.54, 1.807) is 18.2 Å². The summed E-state index contributed by atoms with van der Waals surface area (Å²) in [7, 11) is -4.25. The second-order valence-electron chi connectivity index (χ2n) is 4.78. The third kappa shape index (κ3) is 2.31. The molecule has 5 heteroatoms. The third-order valence-corrected chi connectivity index (χ3v) is 4.40. The number of benzene rings is 1. The average molecular weight is 278 g/mol. The van der Waals surface area contributed by atoms with Crippen LogP contribution in [0.5, 0.6) is 0 Å². The van der Waals surface area contributed by atoms with Crippen LogP contribution in [-0.4, -0.2) is 13.0 Å². The standard InChI is InChI=1S/C14H14O4S/c15-19(16,17)14-9-11-5-2-1-4-10(11)8-12(14)13-6-3-7-18-13/h3,6-9H,1-2,4-5H2,(H,15,16,17). The molecule has 1 aliphatic rings. The first kappa shape index (κ1) is 12.4. The van der Waals surface area contributed by atoms with Crippen LogP contribution >= 0.6 is 0 Å². The van der Waals surface area contributed by atoms with Gasteiger partial charge in [-0.05, 0) is 61.1 Å². The maximum Gasteiger partial charge on any atom is 0.295 e. The smallest absolute Gasteiger partial charge is 0.295 e. The monoisotopic (exact) mass is 278 g/mol. The fraction of sp³-hybridized carbons (Fsp3) is 0.286. The SMILES string of the molecule is O=S(=O)(O)c1cc2c(cc1-c1ccco1)CCCC2. The maximum absolute atomic E-state index is 11.5. The van der Waals surface area contributed by atoms with Crippen LogP contribution in [0.1, 0.15) is 24.0 Å². The van der Waals surface area contributed by atoms with Crippen molar-refractivity contribution in [2.75, 3.05) is 0 Å². The molecule has 0 atom stereocenters. The van der Waals surface area contributed by atoms with Gasteiger partial charge in [-0.2, -0.15) is 8.42 Å². The van der Waals surface area contributed by atoms with Crippen molar-refractivity contribution in [3.05, 3.63) is 41.7 Å². The van der Waals surface area contributed by atoms with Crippen LogP contribution in [0, 0.1) is 0 Å². The van der Waals surface area contributed by atoms with Crippen LogP contribution in [0.3, 0.4) is 0 Å². The van der Waals surface area contributed by atoms with Crippen LogP contribution in [-0.2, 0) is 23.0 Å². The van der Waals surface area contributed by atoms with Crippen molar-refractivity contribution in [3.63, 3.8) is 0 Å². The number of aryl methyl sites for hydroxylation is 2. The lowest BCUT2D eigenvalue weighted by molar-refractivity contribution is 0.482. The molecule has 1 N–H and O–H groups in total. The number of furan rings is 1. The molecule has 100 valence electrons. The van der Waals surface area contributed by atoms with Crippen LogP contribution in [0.4, 0.5) is 0 Å². The molecule has 1 heterocycles. The van der Waals surface area contributed by atoms with Crippen LogP contribution in [0.25, 0.3) is 11.3 Å². The number of fused-ring (bicyclic) bond motifs is 1. The van der Waals surface area contributed by atoms with E-state index in [2.05, 4.69) is 0 Å². The van der Waals surface area contributed by atoms with Crippen molar-refractivity contribution in [2.24, 2.45) is 0 Å². The van der Waals surface area contributed by atoms with Gasteiger partial charge in [-0.3, -0.25) is 4.55 Å². The van der Waals surface area contributed by atoms with E-state index in [1.165, 1.54) is 6.26 Å². The second kappa shape index (κ2) is 4.51. The highest BCUT2D eigenvalue weighted by Crippen LogP contribution is 2.33. The van der Waals surface area contributed by atoms with Gasteiger partial charge in [-0.25, -0.2) is 0 Å². The van der Waals surface area contributed by atoms with Gasteiger partial charge in [0.25, 0.3) is 10.1 Å². The van der Waals surface area contributed by atoms with E-state index in [1.807, 2.05) is 6.07 Å². The summed E-state index contributed by atoms with van der Waals surface area (Å²) in [5.74, 6) is 0.459. The average Bonchev–Trinajstić information content (AvgIpc) is 2.90. The lowest BCUT2D eigenvalue weighted by atomic mass is 9.90. The summed E-state index contributed by atoms with van der Waals surface area (Å²) in [6.45, 7) is 0. The van der Waals surface area contributed by atoms with E-state index in [0.717, 1.165) is 36.8 Å². The second-order valence-corrected chi connectivity index (χ2v) is 6.17. The zero-order valence-corrected chi connectivity index (χ0v) is 11.1. The molecule has 0 spiro atoms. The highest BCUT2D eigenvalue weighted by molar-refractivity contribution is 7.86. The first-order valence-corrected chi connectivity index (χ1v) is 7.67. The van der Waals surface area contributed by atoms with Gasteiger partial charge >= 0.3 is 0 Å². The molecular weight excluding hydrogens is 264 g/mol. The minimum absolute atomic E-state index is 0.0666. The highest BCUT2D eigenvalue weighted by Gasteiger charge is 2.22. The van der Waals surface area contributed by atoms with Gasteiger partial charge in [0.05, 0.1) is 6.26 Å². The lowest BCUT2D eigenvalue weighted by Gasteiger charge is -2.18. The Bertz CT molecular complexity index is 699. The van der Waals surface area contributed by atoms with Gasteiger partial charge in [0.15, 0.2) is 0 Å². The van der Waals surface area contributed by atoms with E-state index < -0.39 is 10.1 Å². The molecule has 0 radical (unpaired) electrons. The molecule has 1 aromatic carbocycles. The van der Waals surface area contributed by atoms with Crippen LogP contribution < -0.4 is 0 Å². The highest BCUT2D eigenvalue weighted by atomic mass is 32.2. The van der Waals surface area contributed by atoms with Crippen molar-refractivity contribution in [2.45, 2.75) is 30.6 Å². The Balaban J connectivity index is 2.26. The van der Waals surface area contributed by atoms with Crippen molar-refractivity contribution in [1.82, 2.24) is 0 Å². The minimum atomic E-state index is -4.25. The van der Waals surface area contributed by atoms with Gasteiger partial charge in [0.2, 0.25) is 0 Å². The van der Waals surface area contributed by atoms with E-state index in [-0.39, 0.29) is 4.90 Å². The van der Waals surface area contributed by atoms with Gasteiger partial charge in [0.1, 0.15) is 10.7 Å². The number of hydrogen-bond acceptors (Lipinski definition) is 3. The number of hydrogen-bond donors (Lipinski definition) is 1. The third-order valence-electron chi connectivity index (χ3n) is 3.51. The normalized spacial score (nSPS) is 15.2. The summed E-state index contributed by atoms with van der Waals surface area (Å²) in [5, 5.41) is 0. The Hall–Kier alpha value is -1.59. The summed E-state index contributed by atoms with van der Waals surface area (Å²) >= 11 is 0. The molecule has 3 rings (SSSR count). The van der Waals surface area contributed by atoms with E-state index in [9.17, 15) is 13.0 Å². The zero-order valence-electron chi connectivity index (χ0n) is 10.3. The van der Waals surface area contributed by atoms with Crippen molar-refractivity contribution < 1.29 is 17.4 Å². The molecular formula is C14H14O4S. The fourth-order valence-electron chi connectivity index (χ4n) is 2.60. The fourth-order valence-corrected chi connectivity index (χ4v) is 3.33. The summed E-state index contributed by atoms with van der Waals surface area (Å²) in [5.41, 5.74) is 2.59. The van der Waals surface area contributed by atoms with Crippen LogP contribution in [0.2, 0.25) is 0 Å². The summed E-state index contributed by atoms with van der Waals surface area (Å²) in [6.07, 6.45) is 5.45. The Morgan fingerprint density at radius 3 is 2.37 bits per heavy atom. The molecule has 2 aromatic rings. The largest absolute Gasteiger partial charge is 0.464 e. The molecule has 1 aromatic heterocycles. The molecule has 0 unspecified atom stereocenters. The van der Waals surface area contributed by atoms with Gasteiger partial charge in [-0.1, -0.05) is 0 Å². The molecule has 4 nitrogen and oxygen atoms in total. The van der Waals surface area contributed by atoms with Crippen molar-refractivity contribution >= 4 is 10.1 Å². The molecule has 0 bridgehead atoms. The summed E-state index contributed by atoms with van der Waals surface area (Å²) in [4.78, 5) is -0.0666. The quantitative estimate of drug-likeness (QED) is 0.857. The molecule has 1 aliphatic carbocycles. The van der Waals surface area contributed by atoms with E-state index in [4.69, 9.17) is 4.42 Å². The Labute approximate surface area is 111 Å². The molecule has 0 saturated heterocycles. The van der Waals surface area contributed by atoms with Gasteiger partial charge in [-0.15, -0.1) is 0 Å². The van der Waals surface area contributed by atoms with E-state index in [0.29, 0.717) is 11.3 Å². The number of rotatable bonds is 2. The minimum Gasteiger partial charge on any atom is -0.464 e. The summed E-state index contributed by atoms with van der Waals surface area (Å²) in [6, 6.07) is 6.81. The van der Waals surface area contributed by atoms with Gasteiger partial charge in [0, 0.05) is 5.56 Å². The zero-order chi connectivity index (χ0) is 13.5. The lowest BCUT2D eigenvalue weighted by Crippen LogP contribution is -2.08.